The Balaban J connectivity index is 1.61. The van der Waals surface area contributed by atoms with Crippen LogP contribution in [0.15, 0.2) is 42.5 Å². The van der Waals surface area contributed by atoms with Crippen LogP contribution in [-0.4, -0.2) is 42.4 Å². The molecule has 1 aromatic heterocycles. The maximum Gasteiger partial charge on any atom is 0.358 e. The van der Waals surface area contributed by atoms with E-state index in [4.69, 9.17) is 0 Å². The van der Waals surface area contributed by atoms with Crippen molar-refractivity contribution in [2.75, 3.05) is 30.4 Å². The predicted octanol–water partition coefficient (Wildman–Crippen LogP) is 1.95. The SMILES string of the molecule is COC(=O)c1ccc(N2CC[C@@H](Nc3ccccc3)C2)nn1. The molecule has 2 heterocycles. The molecule has 1 aromatic carbocycles. The Kier molecular flexibility index (Phi) is 4.18. The minimum atomic E-state index is -0.468. The Bertz CT molecular complexity index is 630. The summed E-state index contributed by atoms with van der Waals surface area (Å²) in [5, 5.41) is 11.6. The first-order valence-electron chi connectivity index (χ1n) is 7.25. The smallest absolute Gasteiger partial charge is 0.358 e. The van der Waals surface area contributed by atoms with Gasteiger partial charge in [0.05, 0.1) is 7.11 Å². The van der Waals surface area contributed by atoms with E-state index in [0.29, 0.717) is 6.04 Å². The molecule has 114 valence electrons. The second kappa shape index (κ2) is 6.43. The highest BCUT2D eigenvalue weighted by Gasteiger charge is 2.23. The van der Waals surface area contributed by atoms with E-state index in [9.17, 15) is 4.79 Å². The monoisotopic (exact) mass is 298 g/mol. The molecule has 1 aliphatic rings. The average molecular weight is 298 g/mol. The van der Waals surface area contributed by atoms with Crippen molar-refractivity contribution in [3.8, 4) is 0 Å². The van der Waals surface area contributed by atoms with Crippen molar-refractivity contribution in [3.05, 3.63) is 48.2 Å². The van der Waals surface area contributed by atoms with Gasteiger partial charge in [0, 0.05) is 24.8 Å². The van der Waals surface area contributed by atoms with Crippen LogP contribution in [-0.2, 0) is 4.74 Å². The lowest BCUT2D eigenvalue weighted by molar-refractivity contribution is 0.0592. The summed E-state index contributed by atoms with van der Waals surface area (Å²) in [4.78, 5) is 13.5. The molecule has 1 atom stereocenters. The fourth-order valence-corrected chi connectivity index (χ4v) is 2.56. The standard InChI is InChI=1S/C16H18N4O2/c1-22-16(21)14-7-8-15(19-18-14)20-10-9-13(11-20)17-12-5-3-2-4-6-12/h2-8,13,17H,9-11H2,1H3/t13-/m1/s1. The molecule has 1 fully saturated rings. The first-order valence-corrected chi connectivity index (χ1v) is 7.25. The number of rotatable bonds is 4. The van der Waals surface area contributed by atoms with Gasteiger partial charge in [0.15, 0.2) is 11.5 Å². The quantitative estimate of drug-likeness (QED) is 0.870. The number of ether oxygens (including phenoxy) is 1. The van der Waals surface area contributed by atoms with Crippen molar-refractivity contribution >= 4 is 17.5 Å². The Labute approximate surface area is 129 Å². The highest BCUT2D eigenvalue weighted by atomic mass is 16.5. The van der Waals surface area contributed by atoms with Crippen LogP contribution >= 0.6 is 0 Å². The van der Waals surface area contributed by atoms with Gasteiger partial charge in [-0.25, -0.2) is 4.79 Å². The lowest BCUT2D eigenvalue weighted by Gasteiger charge is -2.18. The van der Waals surface area contributed by atoms with Crippen LogP contribution in [0.1, 0.15) is 16.9 Å². The summed E-state index contributed by atoms with van der Waals surface area (Å²) in [6, 6.07) is 14.0. The lowest BCUT2D eigenvalue weighted by Crippen LogP contribution is -2.26. The molecular weight excluding hydrogens is 280 g/mol. The second-order valence-corrected chi connectivity index (χ2v) is 5.21. The first kappa shape index (κ1) is 14.3. The normalized spacial score (nSPS) is 17.3. The van der Waals surface area contributed by atoms with Gasteiger partial charge in [-0.3, -0.25) is 0 Å². The molecule has 0 aliphatic carbocycles. The van der Waals surface area contributed by atoms with Crippen molar-refractivity contribution in [3.63, 3.8) is 0 Å². The van der Waals surface area contributed by atoms with Gasteiger partial charge in [0.25, 0.3) is 0 Å². The number of hydrogen-bond donors (Lipinski definition) is 1. The van der Waals surface area contributed by atoms with Gasteiger partial charge in [-0.05, 0) is 30.7 Å². The Morgan fingerprint density at radius 3 is 2.73 bits per heavy atom. The largest absolute Gasteiger partial charge is 0.464 e. The number of aromatic nitrogens is 2. The van der Waals surface area contributed by atoms with Crippen LogP contribution in [0, 0.1) is 0 Å². The molecule has 1 N–H and O–H groups in total. The third kappa shape index (κ3) is 3.16. The summed E-state index contributed by atoms with van der Waals surface area (Å²) in [6.45, 7) is 1.78. The van der Waals surface area contributed by atoms with Gasteiger partial charge in [0.1, 0.15) is 0 Å². The zero-order chi connectivity index (χ0) is 15.4. The molecule has 2 aromatic rings. The molecule has 0 amide bonds. The van der Waals surface area contributed by atoms with E-state index >= 15 is 0 Å². The Morgan fingerprint density at radius 2 is 2.05 bits per heavy atom. The van der Waals surface area contributed by atoms with Crippen LogP contribution in [0.5, 0.6) is 0 Å². The molecule has 3 rings (SSSR count). The topological polar surface area (TPSA) is 67.3 Å². The fourth-order valence-electron chi connectivity index (χ4n) is 2.56. The Morgan fingerprint density at radius 1 is 1.23 bits per heavy atom. The minimum Gasteiger partial charge on any atom is -0.464 e. The summed E-state index contributed by atoms with van der Waals surface area (Å²) < 4.78 is 4.62. The third-order valence-electron chi connectivity index (χ3n) is 3.70. The second-order valence-electron chi connectivity index (χ2n) is 5.21. The summed E-state index contributed by atoms with van der Waals surface area (Å²) in [5.41, 5.74) is 1.35. The fraction of sp³-hybridized carbons (Fsp3) is 0.312. The number of nitrogens with one attached hydrogen (secondary N) is 1. The van der Waals surface area contributed by atoms with Gasteiger partial charge in [-0.15, -0.1) is 10.2 Å². The van der Waals surface area contributed by atoms with Crippen molar-refractivity contribution < 1.29 is 9.53 Å². The van der Waals surface area contributed by atoms with Gasteiger partial charge in [0.2, 0.25) is 0 Å². The van der Waals surface area contributed by atoms with E-state index in [1.807, 2.05) is 24.3 Å². The maximum atomic E-state index is 11.4. The number of carbonyl (C=O) groups excluding carboxylic acids is 1. The van der Waals surface area contributed by atoms with E-state index in [0.717, 1.165) is 31.0 Å². The van der Waals surface area contributed by atoms with E-state index < -0.39 is 5.97 Å². The first-order chi connectivity index (χ1) is 10.8. The van der Waals surface area contributed by atoms with E-state index in [1.165, 1.54) is 7.11 Å². The lowest BCUT2D eigenvalue weighted by atomic mass is 10.2. The molecule has 0 unspecified atom stereocenters. The molecular formula is C16H18N4O2. The summed E-state index contributed by atoms with van der Waals surface area (Å²) >= 11 is 0. The highest BCUT2D eigenvalue weighted by Crippen LogP contribution is 2.20. The number of carbonyl (C=O) groups is 1. The van der Waals surface area contributed by atoms with E-state index in [-0.39, 0.29) is 5.69 Å². The molecule has 0 bridgehead atoms. The molecule has 1 aliphatic heterocycles. The zero-order valence-corrected chi connectivity index (χ0v) is 12.4. The maximum absolute atomic E-state index is 11.4. The predicted molar refractivity (Wildman–Crippen MR) is 84.1 cm³/mol. The molecule has 0 spiro atoms. The summed E-state index contributed by atoms with van der Waals surface area (Å²) in [6.07, 6.45) is 1.04. The van der Waals surface area contributed by atoms with Crippen molar-refractivity contribution in [2.24, 2.45) is 0 Å². The van der Waals surface area contributed by atoms with E-state index in [1.54, 1.807) is 6.07 Å². The van der Waals surface area contributed by atoms with Crippen LogP contribution in [0.4, 0.5) is 11.5 Å². The number of nitrogens with zero attached hydrogens (tertiary/aromatic N) is 3. The van der Waals surface area contributed by atoms with Crippen LogP contribution in [0.25, 0.3) is 0 Å². The average Bonchev–Trinajstić information content (AvgIpc) is 3.04. The van der Waals surface area contributed by atoms with Crippen molar-refractivity contribution in [2.45, 2.75) is 12.5 Å². The van der Waals surface area contributed by atoms with Gasteiger partial charge < -0.3 is 15.0 Å². The molecule has 22 heavy (non-hydrogen) atoms. The van der Waals surface area contributed by atoms with E-state index in [2.05, 4.69) is 37.3 Å². The van der Waals surface area contributed by atoms with Crippen molar-refractivity contribution in [1.29, 1.82) is 0 Å². The minimum absolute atomic E-state index is 0.226. The Hall–Kier alpha value is -2.63. The molecule has 6 nitrogen and oxygen atoms in total. The number of esters is 1. The van der Waals surface area contributed by atoms with Crippen LogP contribution < -0.4 is 10.2 Å². The number of hydrogen-bond acceptors (Lipinski definition) is 6. The van der Waals surface area contributed by atoms with Gasteiger partial charge >= 0.3 is 5.97 Å². The molecule has 0 radical (unpaired) electrons. The van der Waals surface area contributed by atoms with Gasteiger partial charge in [-0.2, -0.15) is 0 Å². The van der Waals surface area contributed by atoms with Gasteiger partial charge in [-0.1, -0.05) is 18.2 Å². The molecule has 0 saturated carbocycles. The molecule has 6 heteroatoms. The van der Waals surface area contributed by atoms with Crippen LogP contribution in [0.2, 0.25) is 0 Å². The summed E-state index contributed by atoms with van der Waals surface area (Å²) in [5.74, 6) is 0.314. The number of methoxy groups -OCH3 is 1. The number of benzene rings is 1. The third-order valence-corrected chi connectivity index (χ3v) is 3.70. The molecule has 1 saturated heterocycles. The number of anilines is 2. The highest BCUT2D eigenvalue weighted by molar-refractivity contribution is 5.86. The summed E-state index contributed by atoms with van der Waals surface area (Å²) in [7, 11) is 1.33. The zero-order valence-electron chi connectivity index (χ0n) is 12.4. The van der Waals surface area contributed by atoms with Crippen LogP contribution in [0.3, 0.4) is 0 Å². The van der Waals surface area contributed by atoms with Crippen molar-refractivity contribution in [1.82, 2.24) is 10.2 Å². The number of para-hydroxylation sites is 1.